The number of carbonyl (C=O) groups excluding carboxylic acids is 3. The Morgan fingerprint density at radius 2 is 1.81 bits per heavy atom. The molecule has 1 amide bonds. The maximum absolute atomic E-state index is 12.3. The maximum atomic E-state index is 12.3. The van der Waals surface area contributed by atoms with Crippen LogP contribution < -0.4 is 5.32 Å². The lowest BCUT2D eigenvalue weighted by Gasteiger charge is -2.36. The van der Waals surface area contributed by atoms with Crippen LogP contribution in [0.1, 0.15) is 60.3 Å². The van der Waals surface area contributed by atoms with Crippen LogP contribution in [-0.4, -0.2) is 52.7 Å². The van der Waals surface area contributed by atoms with E-state index < -0.39 is 36.7 Å². The van der Waals surface area contributed by atoms with Crippen LogP contribution in [0.2, 0.25) is 0 Å². The largest absolute Gasteiger partial charge is 0.454 e. The molecule has 0 aromatic carbocycles. The molecule has 1 atom stereocenters. The summed E-state index contributed by atoms with van der Waals surface area (Å²) in [5.74, 6) is -1.27. The van der Waals surface area contributed by atoms with Gasteiger partial charge in [0, 0.05) is 12.8 Å². The Morgan fingerprint density at radius 1 is 1.23 bits per heavy atom. The molecule has 1 aliphatic carbocycles. The van der Waals surface area contributed by atoms with Crippen LogP contribution in [0.15, 0.2) is 11.1 Å². The minimum Gasteiger partial charge on any atom is -0.454 e. The summed E-state index contributed by atoms with van der Waals surface area (Å²) in [6, 6.07) is 0. The van der Waals surface area contributed by atoms with E-state index in [0.29, 0.717) is 18.4 Å². The van der Waals surface area contributed by atoms with E-state index in [1.54, 1.807) is 13.8 Å². The molecule has 0 radical (unpaired) electrons. The number of esters is 1. The Bertz CT molecular complexity index is 581. The van der Waals surface area contributed by atoms with E-state index in [0.717, 1.165) is 5.57 Å². The van der Waals surface area contributed by atoms with Crippen molar-refractivity contribution in [2.45, 2.75) is 71.9 Å². The Morgan fingerprint density at radius 3 is 2.31 bits per heavy atom. The first-order valence-corrected chi connectivity index (χ1v) is 8.96. The number of amides is 1. The van der Waals surface area contributed by atoms with E-state index in [-0.39, 0.29) is 24.0 Å². The molecular formula is C19H31NO6. The number of hydrogen-bond donors (Lipinski definition) is 3. The Hall–Kier alpha value is -1.73. The highest BCUT2D eigenvalue weighted by Crippen LogP contribution is 2.39. The van der Waals surface area contributed by atoms with Gasteiger partial charge in [-0.1, -0.05) is 26.3 Å². The number of ketones is 1. The van der Waals surface area contributed by atoms with Gasteiger partial charge in [0.15, 0.2) is 11.9 Å². The number of rotatable bonds is 8. The van der Waals surface area contributed by atoms with E-state index in [4.69, 9.17) is 4.74 Å². The number of Topliss-reactive ketones (excluding diaryl/α,β-unsaturated/α-hetero) is 1. The number of carbonyl (C=O) groups is 3. The quantitative estimate of drug-likeness (QED) is 0.555. The lowest BCUT2D eigenvalue weighted by molar-refractivity contribution is -0.156. The third kappa shape index (κ3) is 5.14. The molecule has 0 spiro atoms. The van der Waals surface area contributed by atoms with Crippen LogP contribution in [0.5, 0.6) is 0 Å². The van der Waals surface area contributed by atoms with Crippen LogP contribution in [0.4, 0.5) is 0 Å². The molecule has 0 fully saturated rings. The smallest absolute Gasteiger partial charge is 0.307 e. The fourth-order valence-electron chi connectivity index (χ4n) is 2.97. The van der Waals surface area contributed by atoms with Gasteiger partial charge in [-0.05, 0) is 31.3 Å². The molecule has 26 heavy (non-hydrogen) atoms. The van der Waals surface area contributed by atoms with Gasteiger partial charge in [-0.25, -0.2) is 0 Å². The van der Waals surface area contributed by atoms with Gasteiger partial charge in [0.05, 0.1) is 25.2 Å². The van der Waals surface area contributed by atoms with E-state index in [1.165, 1.54) is 0 Å². The van der Waals surface area contributed by atoms with Crippen LogP contribution in [0.3, 0.4) is 0 Å². The molecule has 0 aliphatic heterocycles. The van der Waals surface area contributed by atoms with Crippen molar-refractivity contribution >= 4 is 17.7 Å². The predicted molar refractivity (Wildman–Crippen MR) is 96.2 cm³/mol. The van der Waals surface area contributed by atoms with Crippen molar-refractivity contribution in [2.24, 2.45) is 5.41 Å². The van der Waals surface area contributed by atoms with Crippen molar-refractivity contribution in [3.05, 3.63) is 11.1 Å². The highest BCUT2D eigenvalue weighted by Gasteiger charge is 2.39. The van der Waals surface area contributed by atoms with Crippen molar-refractivity contribution in [1.82, 2.24) is 5.32 Å². The van der Waals surface area contributed by atoms with E-state index in [9.17, 15) is 24.6 Å². The third-order valence-electron chi connectivity index (χ3n) is 5.45. The van der Waals surface area contributed by atoms with E-state index >= 15 is 0 Å². The van der Waals surface area contributed by atoms with Gasteiger partial charge in [0.25, 0.3) is 0 Å². The lowest BCUT2D eigenvalue weighted by Crippen LogP contribution is -2.53. The Labute approximate surface area is 154 Å². The normalized spacial score (nSPS) is 20.1. The van der Waals surface area contributed by atoms with Gasteiger partial charge in [0.1, 0.15) is 0 Å². The highest BCUT2D eigenvalue weighted by molar-refractivity contribution is 6.01. The molecule has 0 bridgehead atoms. The zero-order valence-electron chi connectivity index (χ0n) is 16.3. The summed E-state index contributed by atoms with van der Waals surface area (Å²) in [5, 5.41) is 21.2. The topological polar surface area (TPSA) is 113 Å². The minimum atomic E-state index is -1.09. The summed E-state index contributed by atoms with van der Waals surface area (Å²) in [4.78, 5) is 36.4. The van der Waals surface area contributed by atoms with Crippen molar-refractivity contribution in [3.8, 4) is 0 Å². The van der Waals surface area contributed by atoms with Gasteiger partial charge in [-0.3, -0.25) is 14.4 Å². The summed E-state index contributed by atoms with van der Waals surface area (Å²) >= 11 is 0. The molecule has 1 rings (SSSR count). The van der Waals surface area contributed by atoms with E-state index in [1.807, 2.05) is 20.8 Å². The van der Waals surface area contributed by atoms with Gasteiger partial charge >= 0.3 is 5.97 Å². The molecular weight excluding hydrogens is 338 g/mol. The second kappa shape index (κ2) is 8.77. The molecule has 1 unspecified atom stereocenters. The standard InChI is InChI=1S/C19H31NO6/c1-6-19(10-21,11-22)20-15(23)7-8-16(24)26-14-9-18(4,5)13(3)12(2)17(14)25/h14,21-22H,6-11H2,1-5H3,(H,20,23). The second-order valence-electron chi connectivity index (χ2n) is 7.68. The fourth-order valence-corrected chi connectivity index (χ4v) is 2.97. The van der Waals surface area contributed by atoms with Gasteiger partial charge < -0.3 is 20.3 Å². The second-order valence-corrected chi connectivity index (χ2v) is 7.68. The molecule has 7 heteroatoms. The van der Waals surface area contributed by atoms with Gasteiger partial charge in [0.2, 0.25) is 5.91 Å². The minimum absolute atomic E-state index is 0.140. The molecule has 0 saturated heterocycles. The number of allylic oxidation sites excluding steroid dienone is 1. The number of nitrogens with one attached hydrogen (secondary N) is 1. The van der Waals surface area contributed by atoms with Gasteiger partial charge in [-0.15, -0.1) is 0 Å². The van der Waals surface area contributed by atoms with E-state index in [2.05, 4.69) is 5.32 Å². The third-order valence-corrected chi connectivity index (χ3v) is 5.45. The number of aliphatic hydroxyl groups is 2. The zero-order valence-corrected chi connectivity index (χ0v) is 16.3. The van der Waals surface area contributed by atoms with Crippen molar-refractivity contribution in [2.75, 3.05) is 13.2 Å². The fraction of sp³-hybridized carbons (Fsp3) is 0.737. The molecule has 0 aromatic rings. The molecule has 3 N–H and O–H groups in total. The van der Waals surface area contributed by atoms with Crippen molar-refractivity contribution in [1.29, 1.82) is 0 Å². The Kier molecular flexibility index (Phi) is 7.53. The van der Waals surface area contributed by atoms with Crippen LogP contribution in [0, 0.1) is 5.41 Å². The molecule has 7 nitrogen and oxygen atoms in total. The highest BCUT2D eigenvalue weighted by atomic mass is 16.5. The summed E-state index contributed by atoms with van der Waals surface area (Å²) in [5.41, 5.74) is 0.293. The van der Waals surface area contributed by atoms with Gasteiger partial charge in [-0.2, -0.15) is 0 Å². The number of aliphatic hydroxyl groups excluding tert-OH is 2. The first kappa shape index (κ1) is 22.3. The molecule has 1 aliphatic rings. The summed E-state index contributed by atoms with van der Waals surface area (Å²) in [6.07, 6.45) is -0.366. The van der Waals surface area contributed by atoms with Crippen LogP contribution in [0.25, 0.3) is 0 Å². The van der Waals surface area contributed by atoms with Crippen LogP contribution in [-0.2, 0) is 19.1 Å². The zero-order chi connectivity index (χ0) is 20.1. The number of ether oxygens (including phenoxy) is 1. The molecule has 0 aromatic heterocycles. The first-order chi connectivity index (χ1) is 12.0. The average molecular weight is 369 g/mol. The predicted octanol–water partition coefficient (Wildman–Crippen LogP) is 1.26. The SMILES string of the molecule is CCC(CO)(CO)NC(=O)CCC(=O)OC1CC(C)(C)C(C)=C(C)C1=O. The molecule has 0 heterocycles. The molecule has 0 saturated carbocycles. The summed E-state index contributed by atoms with van der Waals surface area (Å²) in [7, 11) is 0. The maximum Gasteiger partial charge on any atom is 0.307 e. The van der Waals surface area contributed by atoms with Crippen molar-refractivity contribution in [3.63, 3.8) is 0 Å². The summed E-state index contributed by atoms with van der Waals surface area (Å²) < 4.78 is 5.32. The molecule has 148 valence electrons. The Balaban J connectivity index is 2.60. The lowest BCUT2D eigenvalue weighted by atomic mass is 9.72. The first-order valence-electron chi connectivity index (χ1n) is 8.96. The summed E-state index contributed by atoms with van der Waals surface area (Å²) in [6.45, 7) is 8.59. The van der Waals surface area contributed by atoms with Crippen LogP contribution >= 0.6 is 0 Å². The average Bonchev–Trinajstić information content (AvgIpc) is 2.61. The monoisotopic (exact) mass is 369 g/mol. The number of hydrogen-bond acceptors (Lipinski definition) is 6. The van der Waals surface area contributed by atoms with Crippen molar-refractivity contribution < 1.29 is 29.3 Å².